The number of benzene rings is 2. The molecule has 0 heterocycles. The predicted octanol–water partition coefficient (Wildman–Crippen LogP) is 1.58. The Labute approximate surface area is 228 Å². The van der Waals surface area contributed by atoms with Gasteiger partial charge in [0, 0.05) is 44.0 Å². The number of hydrogen-bond acceptors (Lipinski definition) is 7. The summed E-state index contributed by atoms with van der Waals surface area (Å²) in [5.41, 5.74) is 16.4. The van der Waals surface area contributed by atoms with Crippen molar-refractivity contribution in [1.82, 2.24) is 10.2 Å². The van der Waals surface area contributed by atoms with Crippen LogP contribution in [0.4, 0.5) is 18.9 Å². The van der Waals surface area contributed by atoms with Crippen molar-refractivity contribution in [2.24, 2.45) is 17.2 Å². The molecule has 2 aromatic rings. The molecule has 2 atom stereocenters. The van der Waals surface area contributed by atoms with E-state index in [2.05, 4.69) is 10.6 Å². The standard InChI is InChI=1S/C25H32ClF3N6O4/c26-17-5-7-21(36)19(14-17)33-24(39)20(13-15-1-3-16(4-2-15)25(27,28)29)34-23(38)18(32)6-8-22(37)35(11-9-30)12-10-31/h1-5,7,14,18,20,36H,6,8-13,30-32H2,(H,33,39)(H,34,38)/t18-,20+/m0/s1. The average molecular weight is 573 g/mol. The van der Waals surface area contributed by atoms with E-state index in [-0.39, 0.29) is 54.7 Å². The third-order valence-electron chi connectivity index (χ3n) is 5.73. The zero-order valence-corrected chi connectivity index (χ0v) is 21.8. The Morgan fingerprint density at radius 1 is 1.00 bits per heavy atom. The van der Waals surface area contributed by atoms with Gasteiger partial charge in [0.25, 0.3) is 0 Å². The van der Waals surface area contributed by atoms with Crippen molar-refractivity contribution < 1.29 is 32.7 Å². The third kappa shape index (κ3) is 10.0. The molecule has 0 aliphatic carbocycles. The van der Waals surface area contributed by atoms with E-state index in [9.17, 15) is 32.7 Å². The Morgan fingerprint density at radius 3 is 2.18 bits per heavy atom. The van der Waals surface area contributed by atoms with Gasteiger partial charge in [0.1, 0.15) is 11.8 Å². The highest BCUT2D eigenvalue weighted by molar-refractivity contribution is 6.31. The van der Waals surface area contributed by atoms with E-state index >= 15 is 0 Å². The van der Waals surface area contributed by atoms with Crippen molar-refractivity contribution in [3.05, 3.63) is 58.6 Å². The number of aromatic hydroxyl groups is 1. The van der Waals surface area contributed by atoms with Gasteiger partial charge < -0.3 is 37.8 Å². The highest BCUT2D eigenvalue weighted by atomic mass is 35.5. The van der Waals surface area contributed by atoms with Gasteiger partial charge in [-0.15, -0.1) is 0 Å². The molecule has 3 amide bonds. The highest BCUT2D eigenvalue weighted by Crippen LogP contribution is 2.29. The molecule has 0 bridgehead atoms. The van der Waals surface area contributed by atoms with E-state index in [0.29, 0.717) is 18.7 Å². The first kappa shape index (κ1) is 31.8. The number of rotatable bonds is 13. The molecule has 0 fully saturated rings. The summed E-state index contributed by atoms with van der Waals surface area (Å²) in [4.78, 5) is 39.8. The van der Waals surface area contributed by atoms with Crippen molar-refractivity contribution >= 4 is 35.0 Å². The Morgan fingerprint density at radius 2 is 1.62 bits per heavy atom. The molecule has 0 unspecified atom stereocenters. The number of carbonyl (C=O) groups is 3. The Bertz CT molecular complexity index is 1130. The first-order chi connectivity index (χ1) is 18.3. The van der Waals surface area contributed by atoms with Gasteiger partial charge in [-0.2, -0.15) is 13.2 Å². The Balaban J connectivity index is 2.16. The zero-order valence-electron chi connectivity index (χ0n) is 21.0. The van der Waals surface area contributed by atoms with Crippen LogP contribution in [0.25, 0.3) is 0 Å². The monoisotopic (exact) mass is 572 g/mol. The molecule has 0 spiro atoms. The molecule has 2 rings (SSSR count). The van der Waals surface area contributed by atoms with Gasteiger partial charge in [-0.05, 0) is 42.3 Å². The fourth-order valence-electron chi connectivity index (χ4n) is 3.62. The van der Waals surface area contributed by atoms with E-state index in [1.165, 1.54) is 35.2 Å². The van der Waals surface area contributed by atoms with Crippen LogP contribution in [0.3, 0.4) is 0 Å². The van der Waals surface area contributed by atoms with Crippen molar-refractivity contribution in [3.8, 4) is 5.75 Å². The van der Waals surface area contributed by atoms with Crippen LogP contribution in [0.15, 0.2) is 42.5 Å². The van der Waals surface area contributed by atoms with Crippen LogP contribution in [0.2, 0.25) is 5.02 Å². The fourth-order valence-corrected chi connectivity index (χ4v) is 3.79. The number of nitrogens with zero attached hydrogens (tertiary/aromatic N) is 1. The molecule has 10 nitrogen and oxygen atoms in total. The summed E-state index contributed by atoms with van der Waals surface area (Å²) in [6, 6.07) is 5.58. The fraction of sp³-hybridized carbons (Fsp3) is 0.400. The number of nitrogens with two attached hydrogens (primary N) is 3. The molecule has 9 N–H and O–H groups in total. The maximum absolute atomic E-state index is 13.1. The minimum atomic E-state index is -4.54. The van der Waals surface area contributed by atoms with Crippen LogP contribution >= 0.6 is 11.6 Å². The molecule has 0 saturated heterocycles. The summed E-state index contributed by atoms with van der Waals surface area (Å²) >= 11 is 5.92. The van der Waals surface area contributed by atoms with Gasteiger partial charge >= 0.3 is 6.18 Å². The van der Waals surface area contributed by atoms with Gasteiger partial charge in [0.2, 0.25) is 17.7 Å². The first-order valence-electron chi connectivity index (χ1n) is 12.0. The second-order valence-electron chi connectivity index (χ2n) is 8.71. The summed E-state index contributed by atoms with van der Waals surface area (Å²) in [5, 5.41) is 15.2. The molecule has 39 heavy (non-hydrogen) atoms. The summed E-state index contributed by atoms with van der Waals surface area (Å²) in [5.74, 6) is -2.11. The van der Waals surface area contributed by atoms with Crippen LogP contribution in [-0.2, 0) is 27.0 Å². The maximum atomic E-state index is 13.1. The van der Waals surface area contributed by atoms with Gasteiger partial charge in [-0.3, -0.25) is 14.4 Å². The molecule has 14 heteroatoms. The highest BCUT2D eigenvalue weighted by Gasteiger charge is 2.31. The van der Waals surface area contributed by atoms with Crippen LogP contribution in [0.5, 0.6) is 5.75 Å². The van der Waals surface area contributed by atoms with Crippen LogP contribution in [0, 0.1) is 0 Å². The molecule has 214 valence electrons. The number of hydrogen-bond donors (Lipinski definition) is 6. The molecule has 2 aromatic carbocycles. The molecule has 0 saturated carbocycles. The lowest BCUT2D eigenvalue weighted by molar-refractivity contribution is -0.137. The van der Waals surface area contributed by atoms with Gasteiger partial charge in [-0.1, -0.05) is 23.7 Å². The maximum Gasteiger partial charge on any atom is 0.416 e. The van der Waals surface area contributed by atoms with Gasteiger partial charge in [-0.25, -0.2) is 0 Å². The van der Waals surface area contributed by atoms with Crippen molar-refractivity contribution in [3.63, 3.8) is 0 Å². The summed E-state index contributed by atoms with van der Waals surface area (Å²) < 4.78 is 38.8. The molecular formula is C25H32ClF3N6O4. The number of phenols is 1. The molecule has 0 aliphatic heterocycles. The summed E-state index contributed by atoms with van der Waals surface area (Å²) in [6.45, 7) is 1.06. The molecule has 0 aromatic heterocycles. The quantitative estimate of drug-likeness (QED) is 0.197. The van der Waals surface area contributed by atoms with E-state index < -0.39 is 35.6 Å². The average Bonchev–Trinajstić information content (AvgIpc) is 2.88. The van der Waals surface area contributed by atoms with E-state index in [1.54, 1.807) is 0 Å². The molecule has 0 radical (unpaired) electrons. The number of anilines is 1. The molecule has 0 aliphatic rings. The third-order valence-corrected chi connectivity index (χ3v) is 5.96. The van der Waals surface area contributed by atoms with E-state index in [1.807, 2.05) is 0 Å². The molecular weight excluding hydrogens is 541 g/mol. The minimum Gasteiger partial charge on any atom is -0.506 e. The van der Waals surface area contributed by atoms with Crippen LogP contribution < -0.4 is 27.8 Å². The van der Waals surface area contributed by atoms with Gasteiger partial charge in [0.15, 0.2) is 0 Å². The van der Waals surface area contributed by atoms with Gasteiger partial charge in [0.05, 0.1) is 17.3 Å². The number of amides is 3. The smallest absolute Gasteiger partial charge is 0.416 e. The topological polar surface area (TPSA) is 177 Å². The van der Waals surface area contributed by atoms with E-state index in [4.69, 9.17) is 28.8 Å². The largest absolute Gasteiger partial charge is 0.506 e. The Kier molecular flexibility index (Phi) is 12.0. The lowest BCUT2D eigenvalue weighted by atomic mass is 10.0. The number of alkyl halides is 3. The number of carbonyl (C=O) groups excluding carboxylic acids is 3. The summed E-state index contributed by atoms with van der Waals surface area (Å²) in [6.07, 6.45) is -4.84. The van der Waals surface area contributed by atoms with Crippen molar-refractivity contribution in [2.45, 2.75) is 37.5 Å². The van der Waals surface area contributed by atoms with Crippen LogP contribution in [-0.4, -0.2) is 66.0 Å². The number of halogens is 4. The lowest BCUT2D eigenvalue weighted by Gasteiger charge is -2.23. The summed E-state index contributed by atoms with van der Waals surface area (Å²) in [7, 11) is 0. The number of phenolic OH excluding ortho intramolecular Hbond substituents is 1. The Hall–Kier alpha value is -3.39. The van der Waals surface area contributed by atoms with Crippen LogP contribution in [0.1, 0.15) is 24.0 Å². The first-order valence-corrected chi connectivity index (χ1v) is 12.4. The number of nitrogens with one attached hydrogen (secondary N) is 2. The predicted molar refractivity (Wildman–Crippen MR) is 141 cm³/mol. The zero-order chi connectivity index (χ0) is 29.2. The van der Waals surface area contributed by atoms with Crippen molar-refractivity contribution in [1.29, 1.82) is 0 Å². The minimum absolute atomic E-state index is 0.0334. The lowest BCUT2D eigenvalue weighted by Crippen LogP contribution is -2.51. The second-order valence-corrected chi connectivity index (χ2v) is 9.15. The second kappa shape index (κ2) is 14.7. The SMILES string of the molecule is NCCN(CCN)C(=O)CC[C@H](N)C(=O)N[C@H](Cc1ccc(C(F)(F)F)cc1)C(=O)Nc1cc(Cl)ccc1O. The van der Waals surface area contributed by atoms with E-state index in [0.717, 1.165) is 12.1 Å². The van der Waals surface area contributed by atoms with Crippen molar-refractivity contribution in [2.75, 3.05) is 31.5 Å². The normalized spacial score (nSPS) is 12.9.